The zero-order valence-electron chi connectivity index (χ0n) is 12.1. The molecule has 6 heteroatoms. The molecule has 2 N–H and O–H groups in total. The summed E-state index contributed by atoms with van der Waals surface area (Å²) in [6, 6.07) is 10.9. The van der Waals surface area contributed by atoms with Crippen LogP contribution in [0.4, 0.5) is 5.69 Å². The highest BCUT2D eigenvalue weighted by molar-refractivity contribution is 9.10. The Morgan fingerprint density at radius 3 is 2.68 bits per heavy atom. The van der Waals surface area contributed by atoms with Gasteiger partial charge in [-0.3, -0.25) is 14.6 Å². The van der Waals surface area contributed by atoms with Gasteiger partial charge >= 0.3 is 0 Å². The molecule has 2 rings (SSSR count). The minimum Gasteiger partial charge on any atom is -0.350 e. The summed E-state index contributed by atoms with van der Waals surface area (Å²) in [5.41, 5.74) is 2.48. The molecule has 0 radical (unpaired) electrons. The zero-order valence-corrected chi connectivity index (χ0v) is 13.7. The van der Waals surface area contributed by atoms with Gasteiger partial charge in [-0.1, -0.05) is 28.1 Å². The van der Waals surface area contributed by atoms with Crippen LogP contribution in [0.25, 0.3) is 0 Å². The average Bonchev–Trinajstić information content (AvgIpc) is 2.50. The first-order valence-corrected chi connectivity index (χ1v) is 7.56. The average molecular weight is 362 g/mol. The van der Waals surface area contributed by atoms with E-state index >= 15 is 0 Å². The van der Waals surface area contributed by atoms with E-state index in [2.05, 4.69) is 31.5 Å². The largest absolute Gasteiger partial charge is 0.350 e. The summed E-state index contributed by atoms with van der Waals surface area (Å²) >= 11 is 3.40. The Kier molecular flexibility index (Phi) is 5.66. The van der Waals surface area contributed by atoms with Crippen molar-refractivity contribution < 1.29 is 9.59 Å². The predicted octanol–water partition coefficient (Wildman–Crippen LogP) is 2.80. The van der Waals surface area contributed by atoms with Crippen LogP contribution >= 0.6 is 15.9 Å². The van der Waals surface area contributed by atoms with Gasteiger partial charge in [-0.05, 0) is 36.8 Å². The number of benzene rings is 1. The van der Waals surface area contributed by atoms with Crippen LogP contribution in [0.5, 0.6) is 0 Å². The van der Waals surface area contributed by atoms with E-state index in [9.17, 15) is 9.59 Å². The second kappa shape index (κ2) is 7.70. The molecule has 0 aliphatic heterocycles. The summed E-state index contributed by atoms with van der Waals surface area (Å²) in [7, 11) is 0. The Labute approximate surface area is 137 Å². The topological polar surface area (TPSA) is 71.1 Å². The summed E-state index contributed by atoms with van der Waals surface area (Å²) in [6.07, 6.45) is 1.43. The number of nitrogens with zero attached hydrogens (tertiary/aromatic N) is 1. The molecule has 2 aromatic rings. The highest BCUT2D eigenvalue weighted by Gasteiger charge is 2.10. The minimum absolute atomic E-state index is 0.224. The number of nitrogens with one attached hydrogen (secondary N) is 2. The van der Waals surface area contributed by atoms with Crippen LogP contribution in [0.15, 0.2) is 47.1 Å². The van der Waals surface area contributed by atoms with Crippen LogP contribution < -0.4 is 10.6 Å². The van der Waals surface area contributed by atoms with E-state index in [0.717, 1.165) is 15.7 Å². The Morgan fingerprint density at radius 1 is 1.18 bits per heavy atom. The molecular weight excluding hydrogens is 346 g/mol. The number of carbonyl (C=O) groups is 2. The standard InChI is InChI=1S/C16H16BrN3O2/c1-11-5-6-12(8-14(11)17)20-16(22)9-15(21)19-10-13-4-2-3-7-18-13/h2-8H,9-10H2,1H3,(H,19,21)(H,20,22). The third-order valence-corrected chi connectivity index (χ3v) is 3.82. The molecule has 1 aromatic carbocycles. The maximum atomic E-state index is 11.8. The van der Waals surface area contributed by atoms with E-state index in [1.165, 1.54) is 0 Å². The zero-order chi connectivity index (χ0) is 15.9. The number of aromatic nitrogens is 1. The summed E-state index contributed by atoms with van der Waals surface area (Å²) in [6.45, 7) is 2.27. The Morgan fingerprint density at radius 2 is 2.00 bits per heavy atom. The van der Waals surface area contributed by atoms with Crippen LogP contribution in [0, 0.1) is 6.92 Å². The van der Waals surface area contributed by atoms with E-state index in [4.69, 9.17) is 0 Å². The highest BCUT2D eigenvalue weighted by Crippen LogP contribution is 2.20. The van der Waals surface area contributed by atoms with E-state index < -0.39 is 0 Å². The van der Waals surface area contributed by atoms with Gasteiger partial charge in [0.2, 0.25) is 11.8 Å². The van der Waals surface area contributed by atoms with E-state index in [1.807, 2.05) is 25.1 Å². The second-order valence-electron chi connectivity index (χ2n) is 4.79. The smallest absolute Gasteiger partial charge is 0.233 e. The molecule has 0 aliphatic rings. The van der Waals surface area contributed by atoms with Crippen LogP contribution in [0.1, 0.15) is 17.7 Å². The first kappa shape index (κ1) is 16.2. The fraction of sp³-hybridized carbons (Fsp3) is 0.188. The van der Waals surface area contributed by atoms with Gasteiger partial charge in [-0.25, -0.2) is 0 Å². The first-order valence-electron chi connectivity index (χ1n) is 6.77. The fourth-order valence-electron chi connectivity index (χ4n) is 1.78. The van der Waals surface area contributed by atoms with Gasteiger partial charge in [0.25, 0.3) is 0 Å². The molecule has 0 saturated heterocycles. The summed E-state index contributed by atoms with van der Waals surface area (Å²) in [5.74, 6) is -0.691. The van der Waals surface area contributed by atoms with Gasteiger partial charge in [0.15, 0.2) is 0 Å². The monoisotopic (exact) mass is 361 g/mol. The van der Waals surface area contributed by atoms with Crippen molar-refractivity contribution in [2.75, 3.05) is 5.32 Å². The number of anilines is 1. The second-order valence-corrected chi connectivity index (χ2v) is 5.64. The number of rotatable bonds is 5. The van der Waals surface area contributed by atoms with E-state index in [0.29, 0.717) is 12.2 Å². The number of amides is 2. The molecule has 0 fully saturated rings. The Hall–Kier alpha value is -2.21. The number of pyridine rings is 1. The minimum atomic E-state index is -0.353. The normalized spacial score (nSPS) is 10.1. The number of aryl methyl sites for hydroxylation is 1. The molecule has 1 aromatic heterocycles. The number of carbonyl (C=O) groups excluding carboxylic acids is 2. The molecule has 1 heterocycles. The molecule has 114 valence electrons. The van der Waals surface area contributed by atoms with Crippen molar-refractivity contribution in [1.29, 1.82) is 0 Å². The number of hydrogen-bond acceptors (Lipinski definition) is 3. The van der Waals surface area contributed by atoms with Gasteiger partial charge in [-0.15, -0.1) is 0 Å². The SMILES string of the molecule is Cc1ccc(NC(=O)CC(=O)NCc2ccccn2)cc1Br. The number of halogens is 1. The van der Waals surface area contributed by atoms with Gasteiger partial charge in [0.1, 0.15) is 6.42 Å². The summed E-state index contributed by atoms with van der Waals surface area (Å²) < 4.78 is 0.907. The van der Waals surface area contributed by atoms with Crippen molar-refractivity contribution in [3.63, 3.8) is 0 Å². The maximum absolute atomic E-state index is 11.8. The molecule has 0 aliphatic carbocycles. The van der Waals surface area contributed by atoms with Gasteiger partial charge < -0.3 is 10.6 Å². The van der Waals surface area contributed by atoms with Crippen LogP contribution in [-0.4, -0.2) is 16.8 Å². The van der Waals surface area contributed by atoms with Crippen molar-refractivity contribution in [2.45, 2.75) is 19.9 Å². The quantitative estimate of drug-likeness (QED) is 0.804. The lowest BCUT2D eigenvalue weighted by Gasteiger charge is -2.07. The van der Waals surface area contributed by atoms with E-state index in [-0.39, 0.29) is 18.2 Å². The van der Waals surface area contributed by atoms with Crippen LogP contribution in [0.2, 0.25) is 0 Å². The Bertz CT molecular complexity index is 674. The molecule has 5 nitrogen and oxygen atoms in total. The van der Waals surface area contributed by atoms with Gasteiger partial charge in [-0.2, -0.15) is 0 Å². The molecule has 0 spiro atoms. The van der Waals surface area contributed by atoms with Gasteiger partial charge in [0.05, 0.1) is 12.2 Å². The molecule has 22 heavy (non-hydrogen) atoms. The van der Waals surface area contributed by atoms with Crippen molar-refractivity contribution in [3.05, 3.63) is 58.3 Å². The van der Waals surface area contributed by atoms with Crippen molar-refractivity contribution in [2.24, 2.45) is 0 Å². The molecule has 0 saturated carbocycles. The van der Waals surface area contributed by atoms with Gasteiger partial charge in [0, 0.05) is 16.4 Å². The Balaban J connectivity index is 1.81. The molecule has 0 unspecified atom stereocenters. The first-order chi connectivity index (χ1) is 10.5. The third-order valence-electron chi connectivity index (χ3n) is 2.97. The van der Waals surface area contributed by atoms with Crippen LogP contribution in [0.3, 0.4) is 0 Å². The lowest BCUT2D eigenvalue weighted by atomic mass is 10.2. The predicted molar refractivity (Wildman–Crippen MR) is 88.2 cm³/mol. The lowest BCUT2D eigenvalue weighted by Crippen LogP contribution is -2.28. The maximum Gasteiger partial charge on any atom is 0.233 e. The summed E-state index contributed by atoms with van der Waals surface area (Å²) in [4.78, 5) is 27.7. The molecule has 2 amide bonds. The molecule has 0 bridgehead atoms. The fourth-order valence-corrected chi connectivity index (χ4v) is 2.15. The highest BCUT2D eigenvalue weighted by atomic mass is 79.9. The van der Waals surface area contributed by atoms with Crippen molar-refractivity contribution in [3.8, 4) is 0 Å². The van der Waals surface area contributed by atoms with E-state index in [1.54, 1.807) is 24.4 Å². The van der Waals surface area contributed by atoms with Crippen molar-refractivity contribution in [1.82, 2.24) is 10.3 Å². The third kappa shape index (κ3) is 4.96. The van der Waals surface area contributed by atoms with Crippen LogP contribution in [-0.2, 0) is 16.1 Å². The number of hydrogen-bond donors (Lipinski definition) is 2. The summed E-state index contributed by atoms with van der Waals surface area (Å²) in [5, 5.41) is 5.36. The lowest BCUT2D eigenvalue weighted by molar-refractivity contribution is -0.126. The van der Waals surface area contributed by atoms with Crippen molar-refractivity contribution >= 4 is 33.4 Å². The molecule has 0 atom stereocenters. The molecular formula is C16H16BrN3O2.